The highest BCUT2D eigenvalue weighted by atomic mass is 16.1. The zero-order valence-corrected chi connectivity index (χ0v) is 12.2. The van der Waals surface area contributed by atoms with Gasteiger partial charge in [0.15, 0.2) is 0 Å². The molecule has 1 aliphatic rings. The van der Waals surface area contributed by atoms with Gasteiger partial charge in [-0.3, -0.25) is 9.59 Å². The van der Waals surface area contributed by atoms with Gasteiger partial charge in [-0.1, -0.05) is 13.8 Å². The number of carbonyl (C=O) groups excluding carboxylic acids is 1. The molecule has 0 saturated carbocycles. The normalized spacial score (nSPS) is 23.5. The molecule has 1 aliphatic heterocycles. The van der Waals surface area contributed by atoms with E-state index < -0.39 is 0 Å². The van der Waals surface area contributed by atoms with Crippen molar-refractivity contribution >= 4 is 5.91 Å². The van der Waals surface area contributed by atoms with E-state index in [1.54, 1.807) is 6.07 Å². The van der Waals surface area contributed by atoms with Gasteiger partial charge in [0.25, 0.3) is 5.91 Å². The van der Waals surface area contributed by atoms with Crippen LogP contribution in [-0.4, -0.2) is 42.0 Å². The Morgan fingerprint density at radius 2 is 2.05 bits per heavy atom. The molecule has 20 heavy (non-hydrogen) atoms. The third-order valence-corrected chi connectivity index (χ3v) is 3.70. The minimum atomic E-state index is -0.196. The Morgan fingerprint density at radius 3 is 2.65 bits per heavy atom. The summed E-state index contributed by atoms with van der Waals surface area (Å²) in [4.78, 5) is 27.7. The molecule has 5 nitrogen and oxygen atoms in total. The molecule has 110 valence electrons. The van der Waals surface area contributed by atoms with Gasteiger partial charge in [0.1, 0.15) is 0 Å². The SMILES string of the molecule is C[C@H]1C[C@H](C)CN(CCNC(=O)c2ccc(=O)[nH]c2)C1. The summed E-state index contributed by atoms with van der Waals surface area (Å²) in [6.45, 7) is 8.29. The van der Waals surface area contributed by atoms with Crippen LogP contribution in [0.15, 0.2) is 23.1 Å². The van der Waals surface area contributed by atoms with E-state index >= 15 is 0 Å². The molecule has 5 heteroatoms. The predicted octanol–water partition coefficient (Wildman–Crippen LogP) is 1.08. The number of nitrogens with one attached hydrogen (secondary N) is 2. The topological polar surface area (TPSA) is 65.2 Å². The molecule has 0 bridgehead atoms. The molecule has 2 heterocycles. The fourth-order valence-electron chi connectivity index (χ4n) is 2.96. The first-order chi connectivity index (χ1) is 9.54. The van der Waals surface area contributed by atoms with E-state index in [1.165, 1.54) is 18.7 Å². The van der Waals surface area contributed by atoms with Crippen LogP contribution in [0.1, 0.15) is 30.6 Å². The summed E-state index contributed by atoms with van der Waals surface area (Å²) in [6.07, 6.45) is 2.74. The number of H-pyrrole nitrogens is 1. The van der Waals surface area contributed by atoms with E-state index in [0.29, 0.717) is 12.1 Å². The molecule has 1 aromatic rings. The highest BCUT2D eigenvalue weighted by Crippen LogP contribution is 2.20. The fourth-order valence-corrected chi connectivity index (χ4v) is 2.96. The number of amides is 1. The number of aromatic amines is 1. The average molecular weight is 277 g/mol. The molecule has 1 saturated heterocycles. The Labute approximate surface area is 119 Å². The van der Waals surface area contributed by atoms with Gasteiger partial charge in [-0.05, 0) is 24.3 Å². The van der Waals surface area contributed by atoms with Crippen molar-refractivity contribution in [2.24, 2.45) is 11.8 Å². The number of hydrogen-bond acceptors (Lipinski definition) is 3. The molecule has 0 aliphatic carbocycles. The lowest BCUT2D eigenvalue weighted by atomic mass is 9.92. The minimum Gasteiger partial charge on any atom is -0.351 e. The van der Waals surface area contributed by atoms with Crippen LogP contribution in [0.25, 0.3) is 0 Å². The molecule has 2 atom stereocenters. The van der Waals surface area contributed by atoms with Gasteiger partial charge >= 0.3 is 0 Å². The zero-order chi connectivity index (χ0) is 14.5. The summed E-state index contributed by atoms with van der Waals surface area (Å²) in [5, 5.41) is 2.89. The maximum absolute atomic E-state index is 11.9. The molecule has 1 aromatic heterocycles. The maximum atomic E-state index is 11.9. The van der Waals surface area contributed by atoms with E-state index in [0.717, 1.165) is 31.5 Å². The van der Waals surface area contributed by atoms with Crippen molar-refractivity contribution in [3.8, 4) is 0 Å². The van der Waals surface area contributed by atoms with Crippen molar-refractivity contribution in [1.82, 2.24) is 15.2 Å². The van der Waals surface area contributed by atoms with Crippen LogP contribution in [-0.2, 0) is 0 Å². The number of nitrogens with zero attached hydrogens (tertiary/aromatic N) is 1. The largest absolute Gasteiger partial charge is 0.351 e. The van der Waals surface area contributed by atoms with E-state index in [-0.39, 0.29) is 11.5 Å². The van der Waals surface area contributed by atoms with Crippen LogP contribution in [0.2, 0.25) is 0 Å². The number of rotatable bonds is 4. The van der Waals surface area contributed by atoms with E-state index in [4.69, 9.17) is 0 Å². The summed E-state index contributed by atoms with van der Waals surface area (Å²) < 4.78 is 0. The van der Waals surface area contributed by atoms with E-state index in [2.05, 4.69) is 29.0 Å². The first kappa shape index (κ1) is 14.8. The number of hydrogen-bond donors (Lipinski definition) is 2. The maximum Gasteiger partial charge on any atom is 0.252 e. The van der Waals surface area contributed by atoms with Gasteiger partial charge in [-0.25, -0.2) is 0 Å². The Balaban J connectivity index is 1.76. The molecular formula is C15H23N3O2. The highest BCUT2D eigenvalue weighted by molar-refractivity contribution is 5.93. The van der Waals surface area contributed by atoms with Gasteiger partial charge < -0.3 is 15.2 Å². The predicted molar refractivity (Wildman–Crippen MR) is 78.8 cm³/mol. The first-order valence-corrected chi connectivity index (χ1v) is 7.24. The molecule has 1 amide bonds. The van der Waals surface area contributed by atoms with E-state index in [1.807, 2.05) is 0 Å². The summed E-state index contributed by atoms with van der Waals surface area (Å²) in [6, 6.07) is 2.90. The lowest BCUT2D eigenvalue weighted by Gasteiger charge is -2.34. The fraction of sp³-hybridized carbons (Fsp3) is 0.600. The quantitative estimate of drug-likeness (QED) is 0.865. The smallest absolute Gasteiger partial charge is 0.252 e. The van der Waals surface area contributed by atoms with Crippen LogP contribution in [0.3, 0.4) is 0 Å². The number of aromatic nitrogens is 1. The van der Waals surface area contributed by atoms with Gasteiger partial charge in [0, 0.05) is 38.4 Å². The highest BCUT2D eigenvalue weighted by Gasteiger charge is 2.21. The Kier molecular flexibility index (Phi) is 4.95. The average Bonchev–Trinajstić information content (AvgIpc) is 2.38. The summed E-state index contributed by atoms with van der Waals surface area (Å²) in [7, 11) is 0. The molecule has 0 unspecified atom stereocenters. The standard InChI is InChI=1S/C15H23N3O2/c1-11-7-12(2)10-18(9-11)6-5-16-15(20)13-3-4-14(19)17-8-13/h3-4,8,11-12H,5-7,9-10H2,1-2H3,(H,16,20)(H,17,19)/t11-,12-/m0/s1. The minimum absolute atomic E-state index is 0.139. The lowest BCUT2D eigenvalue weighted by Crippen LogP contribution is -2.42. The van der Waals surface area contributed by atoms with Crippen LogP contribution in [0.4, 0.5) is 0 Å². The van der Waals surface area contributed by atoms with Crippen LogP contribution < -0.4 is 10.9 Å². The molecule has 0 radical (unpaired) electrons. The second-order valence-corrected chi connectivity index (χ2v) is 5.90. The van der Waals surface area contributed by atoms with Crippen molar-refractivity contribution in [3.05, 3.63) is 34.2 Å². The number of carbonyl (C=O) groups is 1. The molecule has 2 N–H and O–H groups in total. The molecule has 0 aromatic carbocycles. The van der Waals surface area contributed by atoms with Crippen molar-refractivity contribution in [3.63, 3.8) is 0 Å². The van der Waals surface area contributed by atoms with Crippen molar-refractivity contribution in [2.45, 2.75) is 20.3 Å². The Bertz CT molecular complexity index is 482. The first-order valence-electron chi connectivity index (χ1n) is 7.24. The third-order valence-electron chi connectivity index (χ3n) is 3.70. The summed E-state index contributed by atoms with van der Waals surface area (Å²) in [5.74, 6) is 1.32. The van der Waals surface area contributed by atoms with Crippen LogP contribution in [0.5, 0.6) is 0 Å². The number of likely N-dealkylation sites (tertiary alicyclic amines) is 1. The van der Waals surface area contributed by atoms with Gasteiger partial charge in [-0.15, -0.1) is 0 Å². The van der Waals surface area contributed by atoms with Gasteiger partial charge in [0.05, 0.1) is 5.56 Å². The third kappa shape index (κ3) is 4.20. The number of pyridine rings is 1. The van der Waals surface area contributed by atoms with Gasteiger partial charge in [0.2, 0.25) is 5.56 Å². The Hall–Kier alpha value is -1.62. The zero-order valence-electron chi connectivity index (χ0n) is 12.2. The Morgan fingerprint density at radius 1 is 1.35 bits per heavy atom. The van der Waals surface area contributed by atoms with Crippen molar-refractivity contribution in [2.75, 3.05) is 26.2 Å². The molecule has 2 rings (SSSR count). The lowest BCUT2D eigenvalue weighted by molar-refractivity contribution is 0.0936. The van der Waals surface area contributed by atoms with Crippen LogP contribution in [0, 0.1) is 11.8 Å². The molecular weight excluding hydrogens is 254 g/mol. The van der Waals surface area contributed by atoms with E-state index in [9.17, 15) is 9.59 Å². The molecule has 0 spiro atoms. The monoisotopic (exact) mass is 277 g/mol. The summed E-state index contributed by atoms with van der Waals surface area (Å²) in [5.41, 5.74) is 0.294. The van der Waals surface area contributed by atoms with Crippen molar-refractivity contribution < 1.29 is 4.79 Å². The van der Waals surface area contributed by atoms with Crippen molar-refractivity contribution in [1.29, 1.82) is 0 Å². The second-order valence-electron chi connectivity index (χ2n) is 5.90. The van der Waals surface area contributed by atoms with Gasteiger partial charge in [-0.2, -0.15) is 0 Å². The molecule has 1 fully saturated rings. The number of piperidine rings is 1. The summed E-state index contributed by atoms with van der Waals surface area (Å²) >= 11 is 0. The van der Waals surface area contributed by atoms with Crippen LogP contribution >= 0.6 is 0 Å². The second kappa shape index (κ2) is 6.70.